The Labute approximate surface area is 106 Å². The number of hydrogen-bond acceptors (Lipinski definition) is 2. The molecule has 0 heterocycles. The Morgan fingerprint density at radius 3 is 2.56 bits per heavy atom. The van der Waals surface area contributed by atoms with Crippen molar-refractivity contribution in [1.29, 1.82) is 0 Å². The van der Waals surface area contributed by atoms with E-state index in [1.807, 2.05) is 30.3 Å². The SMILES string of the molecule is Cc1c(O)cccc1C(=O)NCc1ccccc1. The van der Waals surface area contributed by atoms with Gasteiger partial charge in [-0.2, -0.15) is 0 Å². The Morgan fingerprint density at radius 1 is 1.11 bits per heavy atom. The average molecular weight is 241 g/mol. The molecule has 2 N–H and O–H groups in total. The summed E-state index contributed by atoms with van der Waals surface area (Å²) in [6.45, 7) is 2.21. The maximum absolute atomic E-state index is 12.0. The van der Waals surface area contributed by atoms with Crippen molar-refractivity contribution in [3.63, 3.8) is 0 Å². The van der Waals surface area contributed by atoms with Gasteiger partial charge in [0.25, 0.3) is 5.91 Å². The van der Waals surface area contributed by atoms with Crippen molar-refractivity contribution in [3.05, 3.63) is 65.2 Å². The summed E-state index contributed by atoms with van der Waals surface area (Å²) in [5.41, 5.74) is 2.15. The minimum atomic E-state index is -0.174. The van der Waals surface area contributed by atoms with Crippen molar-refractivity contribution in [1.82, 2.24) is 5.32 Å². The molecule has 0 saturated heterocycles. The Morgan fingerprint density at radius 2 is 1.83 bits per heavy atom. The van der Waals surface area contributed by atoms with Gasteiger partial charge in [-0.05, 0) is 24.6 Å². The lowest BCUT2D eigenvalue weighted by molar-refractivity contribution is 0.0950. The predicted molar refractivity (Wildman–Crippen MR) is 70.5 cm³/mol. The fraction of sp³-hybridized carbons (Fsp3) is 0.133. The highest BCUT2D eigenvalue weighted by atomic mass is 16.3. The maximum atomic E-state index is 12.0. The monoisotopic (exact) mass is 241 g/mol. The van der Waals surface area contributed by atoms with E-state index in [0.717, 1.165) is 5.56 Å². The van der Waals surface area contributed by atoms with Gasteiger partial charge in [0, 0.05) is 17.7 Å². The van der Waals surface area contributed by atoms with Crippen LogP contribution in [-0.4, -0.2) is 11.0 Å². The highest BCUT2D eigenvalue weighted by molar-refractivity contribution is 5.96. The Kier molecular flexibility index (Phi) is 3.63. The van der Waals surface area contributed by atoms with Crippen LogP contribution in [0.5, 0.6) is 5.75 Å². The second-order valence-corrected chi connectivity index (χ2v) is 4.12. The van der Waals surface area contributed by atoms with Crippen LogP contribution in [0.1, 0.15) is 21.5 Å². The summed E-state index contributed by atoms with van der Waals surface area (Å²) in [6, 6.07) is 14.6. The Bertz CT molecular complexity index is 550. The fourth-order valence-electron chi connectivity index (χ4n) is 1.74. The van der Waals surface area contributed by atoms with Gasteiger partial charge in [-0.3, -0.25) is 4.79 Å². The smallest absolute Gasteiger partial charge is 0.251 e. The van der Waals surface area contributed by atoms with Crippen molar-refractivity contribution in [3.8, 4) is 5.75 Å². The topological polar surface area (TPSA) is 49.3 Å². The summed E-state index contributed by atoms with van der Waals surface area (Å²) >= 11 is 0. The molecule has 0 unspecified atom stereocenters. The molecule has 0 atom stereocenters. The van der Waals surface area contributed by atoms with Gasteiger partial charge in [-0.15, -0.1) is 0 Å². The van der Waals surface area contributed by atoms with Crippen LogP contribution in [0.4, 0.5) is 0 Å². The summed E-state index contributed by atoms with van der Waals surface area (Å²) in [7, 11) is 0. The van der Waals surface area contributed by atoms with Crippen molar-refractivity contribution in [2.45, 2.75) is 13.5 Å². The van der Waals surface area contributed by atoms with E-state index in [4.69, 9.17) is 0 Å². The number of hydrogen-bond donors (Lipinski definition) is 2. The standard InChI is InChI=1S/C15H15NO2/c1-11-13(8-5-9-14(11)17)15(18)16-10-12-6-3-2-4-7-12/h2-9,17H,10H2,1H3,(H,16,18). The van der Waals surface area contributed by atoms with E-state index in [1.54, 1.807) is 25.1 Å². The van der Waals surface area contributed by atoms with Gasteiger partial charge < -0.3 is 10.4 Å². The van der Waals surface area contributed by atoms with Crippen LogP contribution in [0.3, 0.4) is 0 Å². The van der Waals surface area contributed by atoms with Gasteiger partial charge >= 0.3 is 0 Å². The molecule has 92 valence electrons. The van der Waals surface area contributed by atoms with Gasteiger partial charge in [0.2, 0.25) is 0 Å². The van der Waals surface area contributed by atoms with E-state index in [0.29, 0.717) is 17.7 Å². The van der Waals surface area contributed by atoms with Crippen LogP contribution >= 0.6 is 0 Å². The third kappa shape index (κ3) is 2.69. The Balaban J connectivity index is 2.07. The number of phenolic OH excluding ortho intramolecular Hbond substituents is 1. The zero-order valence-electron chi connectivity index (χ0n) is 10.2. The van der Waals surface area contributed by atoms with E-state index in [1.165, 1.54) is 0 Å². The molecule has 18 heavy (non-hydrogen) atoms. The predicted octanol–water partition coefficient (Wildman–Crippen LogP) is 2.63. The third-order valence-electron chi connectivity index (χ3n) is 2.85. The van der Waals surface area contributed by atoms with Crippen LogP contribution in [0.2, 0.25) is 0 Å². The molecule has 0 fully saturated rings. The maximum Gasteiger partial charge on any atom is 0.251 e. The third-order valence-corrected chi connectivity index (χ3v) is 2.85. The van der Waals surface area contributed by atoms with Gasteiger partial charge in [0.1, 0.15) is 5.75 Å². The van der Waals surface area contributed by atoms with Crippen molar-refractivity contribution in [2.75, 3.05) is 0 Å². The lowest BCUT2D eigenvalue weighted by Crippen LogP contribution is -2.23. The number of phenols is 1. The molecular formula is C15H15NO2. The summed E-state index contributed by atoms with van der Waals surface area (Å²) in [5.74, 6) is -0.0328. The van der Waals surface area contributed by atoms with Crippen molar-refractivity contribution >= 4 is 5.91 Å². The van der Waals surface area contributed by atoms with Gasteiger partial charge in [-0.25, -0.2) is 0 Å². The van der Waals surface area contributed by atoms with Gasteiger partial charge in [0.05, 0.1) is 0 Å². The summed E-state index contributed by atoms with van der Waals surface area (Å²) in [6.07, 6.45) is 0. The molecule has 0 aliphatic heterocycles. The zero-order chi connectivity index (χ0) is 13.0. The molecule has 0 bridgehead atoms. The molecule has 0 saturated carbocycles. The number of benzene rings is 2. The molecule has 1 amide bonds. The van der Waals surface area contributed by atoms with Crippen molar-refractivity contribution in [2.24, 2.45) is 0 Å². The molecule has 0 radical (unpaired) electrons. The number of carbonyl (C=O) groups is 1. The number of aromatic hydroxyl groups is 1. The van der Waals surface area contributed by atoms with Crippen LogP contribution in [0, 0.1) is 6.92 Å². The van der Waals surface area contributed by atoms with E-state index in [2.05, 4.69) is 5.32 Å². The minimum Gasteiger partial charge on any atom is -0.508 e. The van der Waals surface area contributed by atoms with Crippen LogP contribution in [0.15, 0.2) is 48.5 Å². The number of carbonyl (C=O) groups excluding carboxylic acids is 1. The molecule has 3 heteroatoms. The van der Waals surface area contributed by atoms with E-state index >= 15 is 0 Å². The molecule has 2 aromatic rings. The lowest BCUT2D eigenvalue weighted by Gasteiger charge is -2.08. The highest BCUT2D eigenvalue weighted by Crippen LogP contribution is 2.19. The first kappa shape index (κ1) is 12.2. The second-order valence-electron chi connectivity index (χ2n) is 4.12. The largest absolute Gasteiger partial charge is 0.508 e. The molecule has 0 aliphatic carbocycles. The molecule has 3 nitrogen and oxygen atoms in total. The van der Waals surface area contributed by atoms with Crippen LogP contribution in [-0.2, 0) is 6.54 Å². The molecule has 0 aliphatic rings. The molecular weight excluding hydrogens is 226 g/mol. The molecule has 2 aromatic carbocycles. The number of rotatable bonds is 3. The fourth-order valence-corrected chi connectivity index (χ4v) is 1.74. The van der Waals surface area contributed by atoms with Crippen LogP contribution in [0.25, 0.3) is 0 Å². The second kappa shape index (κ2) is 5.36. The first-order valence-corrected chi connectivity index (χ1v) is 5.79. The Hall–Kier alpha value is -2.29. The highest BCUT2D eigenvalue weighted by Gasteiger charge is 2.10. The quantitative estimate of drug-likeness (QED) is 0.867. The van der Waals surface area contributed by atoms with E-state index < -0.39 is 0 Å². The lowest BCUT2D eigenvalue weighted by atomic mass is 10.1. The number of nitrogens with one attached hydrogen (secondary N) is 1. The zero-order valence-corrected chi connectivity index (χ0v) is 10.2. The first-order chi connectivity index (χ1) is 8.68. The summed E-state index contributed by atoms with van der Waals surface area (Å²) in [4.78, 5) is 12.0. The summed E-state index contributed by atoms with van der Waals surface area (Å²) < 4.78 is 0. The van der Waals surface area contributed by atoms with E-state index in [9.17, 15) is 9.90 Å². The van der Waals surface area contributed by atoms with E-state index in [-0.39, 0.29) is 11.7 Å². The van der Waals surface area contributed by atoms with Gasteiger partial charge in [-0.1, -0.05) is 36.4 Å². The summed E-state index contributed by atoms with van der Waals surface area (Å²) in [5, 5.41) is 12.4. The minimum absolute atomic E-state index is 0.141. The molecule has 0 aromatic heterocycles. The van der Waals surface area contributed by atoms with Crippen LogP contribution < -0.4 is 5.32 Å². The van der Waals surface area contributed by atoms with Crippen molar-refractivity contribution < 1.29 is 9.90 Å². The normalized spacial score (nSPS) is 10.1. The number of amides is 1. The molecule has 2 rings (SSSR count). The average Bonchev–Trinajstić information content (AvgIpc) is 2.40. The molecule has 0 spiro atoms. The van der Waals surface area contributed by atoms with Gasteiger partial charge in [0.15, 0.2) is 0 Å². The first-order valence-electron chi connectivity index (χ1n) is 5.79.